The van der Waals surface area contributed by atoms with Crippen molar-refractivity contribution in [3.8, 4) is 22.9 Å². The highest BCUT2D eigenvalue weighted by molar-refractivity contribution is 5.93. The molecule has 0 saturated heterocycles. The molecule has 4 aromatic rings. The molecule has 36 heavy (non-hydrogen) atoms. The van der Waals surface area contributed by atoms with Gasteiger partial charge in [0, 0.05) is 38.1 Å². The van der Waals surface area contributed by atoms with Crippen LogP contribution in [0.2, 0.25) is 0 Å². The normalized spacial score (nSPS) is 17.5. The number of benzene rings is 1. The van der Waals surface area contributed by atoms with Gasteiger partial charge in [-0.25, -0.2) is 4.68 Å². The highest BCUT2D eigenvalue weighted by Crippen LogP contribution is 2.35. The van der Waals surface area contributed by atoms with Gasteiger partial charge < -0.3 is 9.47 Å². The van der Waals surface area contributed by atoms with Crippen LogP contribution in [0, 0.1) is 0 Å². The molecular formula is C27H33N7O2. The van der Waals surface area contributed by atoms with Crippen LogP contribution >= 0.6 is 0 Å². The van der Waals surface area contributed by atoms with Crippen molar-refractivity contribution in [3.63, 3.8) is 0 Å². The average Bonchev–Trinajstić information content (AvgIpc) is 3.42. The standard InChI is InChI=1S/C27H33N7O2/c1-5-34-25-16-33(19-7-8-19)12-13-35-27-22(15-28-32(27)4)18-6-10-23-21(14-18)24(30-29-23)11-9-20(25)26(31-34)36-17(2)3/h6,9-11,14-15,17,19H,5,7-8,12-13,16H2,1-4H3,(H,29,30)/b11-9+. The third-order valence-electron chi connectivity index (χ3n) is 6.94. The Balaban J connectivity index is 1.51. The molecule has 9 heteroatoms. The number of fused-ring (bicyclic) bond motifs is 4. The quantitative estimate of drug-likeness (QED) is 0.456. The summed E-state index contributed by atoms with van der Waals surface area (Å²) < 4.78 is 16.4. The average molecular weight is 488 g/mol. The zero-order valence-electron chi connectivity index (χ0n) is 21.4. The minimum Gasteiger partial charge on any atom is -0.476 e. The maximum Gasteiger partial charge on any atom is 0.240 e. The van der Waals surface area contributed by atoms with Crippen molar-refractivity contribution in [2.24, 2.45) is 7.05 Å². The van der Waals surface area contributed by atoms with Crippen molar-refractivity contribution in [3.05, 3.63) is 41.3 Å². The topological polar surface area (TPSA) is 86.0 Å². The first-order valence-corrected chi connectivity index (χ1v) is 12.8. The molecule has 0 amide bonds. The molecule has 9 nitrogen and oxygen atoms in total. The van der Waals surface area contributed by atoms with Crippen LogP contribution in [-0.2, 0) is 20.1 Å². The van der Waals surface area contributed by atoms with E-state index >= 15 is 0 Å². The van der Waals surface area contributed by atoms with Crippen LogP contribution in [0.25, 0.3) is 34.2 Å². The summed E-state index contributed by atoms with van der Waals surface area (Å²) in [4.78, 5) is 2.52. The van der Waals surface area contributed by atoms with Crippen LogP contribution in [0.4, 0.5) is 0 Å². The van der Waals surface area contributed by atoms with Crippen molar-refractivity contribution >= 4 is 23.1 Å². The first-order valence-electron chi connectivity index (χ1n) is 12.8. The summed E-state index contributed by atoms with van der Waals surface area (Å²) in [5, 5.41) is 18.1. The number of nitrogens with zero attached hydrogens (tertiary/aromatic N) is 6. The molecule has 0 atom stereocenters. The molecule has 0 radical (unpaired) electrons. The van der Waals surface area contributed by atoms with Gasteiger partial charge in [-0.1, -0.05) is 6.07 Å². The fourth-order valence-corrected chi connectivity index (χ4v) is 4.96. The Morgan fingerprint density at radius 2 is 2.08 bits per heavy atom. The summed E-state index contributed by atoms with van der Waals surface area (Å²) in [5.74, 6) is 1.46. The summed E-state index contributed by atoms with van der Waals surface area (Å²) in [6.45, 7) is 9.19. The van der Waals surface area contributed by atoms with Gasteiger partial charge in [0.1, 0.15) is 6.61 Å². The predicted octanol–water partition coefficient (Wildman–Crippen LogP) is 4.49. The second-order valence-corrected chi connectivity index (χ2v) is 9.89. The summed E-state index contributed by atoms with van der Waals surface area (Å²) in [6, 6.07) is 6.84. The Labute approximate surface area is 210 Å². The molecule has 1 fully saturated rings. The minimum atomic E-state index is 0.0370. The van der Waals surface area contributed by atoms with E-state index in [1.807, 2.05) is 37.8 Å². The Bertz CT molecular complexity index is 1420. The van der Waals surface area contributed by atoms with Gasteiger partial charge in [-0.05, 0) is 63.5 Å². The molecule has 1 aromatic carbocycles. The van der Waals surface area contributed by atoms with Crippen LogP contribution in [0.5, 0.6) is 11.8 Å². The number of aromatic nitrogens is 6. The van der Waals surface area contributed by atoms with Crippen LogP contribution in [0.3, 0.4) is 0 Å². The fraction of sp³-hybridized carbons (Fsp3) is 0.444. The monoisotopic (exact) mass is 487 g/mol. The molecule has 1 aliphatic carbocycles. The lowest BCUT2D eigenvalue weighted by Gasteiger charge is -2.23. The molecule has 1 saturated carbocycles. The molecule has 3 aromatic heterocycles. The molecule has 4 heterocycles. The van der Waals surface area contributed by atoms with Crippen molar-refractivity contribution < 1.29 is 9.47 Å². The summed E-state index contributed by atoms with van der Waals surface area (Å²) in [6.07, 6.45) is 8.57. The number of rotatable bonds is 4. The third-order valence-corrected chi connectivity index (χ3v) is 6.94. The first kappa shape index (κ1) is 22.8. The number of nitrogens with one attached hydrogen (secondary N) is 1. The highest BCUT2D eigenvalue weighted by atomic mass is 16.5. The molecule has 1 aliphatic heterocycles. The SMILES string of the molecule is CCn1nc(OC(C)C)c2c1CN(C1CC1)CCOc1c(cnn1C)-c1ccc3n[nH]c(c3c1)/C=C/2. The Hall–Kier alpha value is -3.59. The van der Waals surface area contributed by atoms with E-state index in [9.17, 15) is 0 Å². The highest BCUT2D eigenvalue weighted by Gasteiger charge is 2.31. The van der Waals surface area contributed by atoms with Crippen molar-refractivity contribution in [2.75, 3.05) is 13.2 Å². The zero-order chi connectivity index (χ0) is 24.8. The fourth-order valence-electron chi connectivity index (χ4n) is 4.96. The van der Waals surface area contributed by atoms with Gasteiger partial charge >= 0.3 is 0 Å². The van der Waals surface area contributed by atoms with E-state index in [1.165, 1.54) is 12.8 Å². The van der Waals surface area contributed by atoms with Crippen molar-refractivity contribution in [2.45, 2.75) is 58.8 Å². The predicted molar refractivity (Wildman–Crippen MR) is 140 cm³/mol. The molecule has 1 N–H and O–H groups in total. The van der Waals surface area contributed by atoms with Gasteiger partial charge in [0.15, 0.2) is 0 Å². The maximum absolute atomic E-state index is 6.37. The molecule has 2 aliphatic rings. The number of ether oxygens (including phenoxy) is 2. The largest absolute Gasteiger partial charge is 0.476 e. The van der Waals surface area contributed by atoms with E-state index in [2.05, 4.69) is 56.1 Å². The Morgan fingerprint density at radius 1 is 1.22 bits per heavy atom. The smallest absolute Gasteiger partial charge is 0.240 e. The lowest BCUT2D eigenvalue weighted by atomic mass is 10.1. The van der Waals surface area contributed by atoms with Gasteiger partial charge in [-0.3, -0.25) is 14.7 Å². The molecule has 0 unspecified atom stereocenters. The Kier molecular flexibility index (Phi) is 5.79. The van der Waals surface area contributed by atoms with Gasteiger partial charge in [0.25, 0.3) is 0 Å². The molecule has 0 spiro atoms. The lowest BCUT2D eigenvalue weighted by molar-refractivity contribution is 0.184. The van der Waals surface area contributed by atoms with E-state index in [-0.39, 0.29) is 6.10 Å². The van der Waals surface area contributed by atoms with Gasteiger partial charge in [0.05, 0.1) is 40.3 Å². The summed E-state index contributed by atoms with van der Waals surface area (Å²) >= 11 is 0. The van der Waals surface area contributed by atoms with E-state index < -0.39 is 0 Å². The van der Waals surface area contributed by atoms with E-state index in [0.717, 1.165) is 64.5 Å². The molecular weight excluding hydrogens is 454 g/mol. The van der Waals surface area contributed by atoms with Crippen LogP contribution in [0.15, 0.2) is 24.4 Å². The van der Waals surface area contributed by atoms with Gasteiger partial charge in [0.2, 0.25) is 11.8 Å². The third kappa shape index (κ3) is 4.17. The first-order chi connectivity index (χ1) is 17.5. The van der Waals surface area contributed by atoms with E-state index in [1.54, 1.807) is 0 Å². The summed E-state index contributed by atoms with van der Waals surface area (Å²) in [7, 11) is 1.93. The van der Waals surface area contributed by atoms with E-state index in [4.69, 9.17) is 14.6 Å². The van der Waals surface area contributed by atoms with E-state index in [0.29, 0.717) is 18.5 Å². The molecule has 6 rings (SSSR count). The lowest BCUT2D eigenvalue weighted by Crippen LogP contribution is -2.31. The summed E-state index contributed by atoms with van der Waals surface area (Å²) in [5.41, 5.74) is 6.09. The number of hydrogen-bond acceptors (Lipinski definition) is 6. The number of H-pyrrole nitrogens is 1. The van der Waals surface area contributed by atoms with Crippen LogP contribution < -0.4 is 9.47 Å². The van der Waals surface area contributed by atoms with Gasteiger partial charge in [-0.2, -0.15) is 10.2 Å². The zero-order valence-corrected chi connectivity index (χ0v) is 21.4. The maximum atomic E-state index is 6.37. The second kappa shape index (κ2) is 9.13. The molecule has 2 bridgehead atoms. The number of aryl methyl sites for hydroxylation is 2. The Morgan fingerprint density at radius 3 is 2.86 bits per heavy atom. The second-order valence-electron chi connectivity index (χ2n) is 9.89. The van der Waals surface area contributed by atoms with Crippen LogP contribution in [0.1, 0.15) is 50.6 Å². The van der Waals surface area contributed by atoms with Crippen LogP contribution in [-0.4, -0.2) is 60.0 Å². The minimum absolute atomic E-state index is 0.0370. The number of aromatic amines is 1. The van der Waals surface area contributed by atoms with Crippen molar-refractivity contribution in [1.82, 2.24) is 34.7 Å². The number of hydrogen-bond donors (Lipinski definition) is 1. The molecule has 188 valence electrons. The van der Waals surface area contributed by atoms with Crippen molar-refractivity contribution in [1.29, 1.82) is 0 Å². The van der Waals surface area contributed by atoms with Gasteiger partial charge in [-0.15, -0.1) is 5.10 Å².